The summed E-state index contributed by atoms with van der Waals surface area (Å²) in [5.41, 5.74) is 9.32. The molecule has 6 aromatic rings. The van der Waals surface area contributed by atoms with Crippen molar-refractivity contribution in [1.82, 2.24) is 9.97 Å². The maximum Gasteiger partial charge on any atom is 0.161 e. The number of pyridine rings is 1. The summed E-state index contributed by atoms with van der Waals surface area (Å²) in [4.78, 5) is 8.13. The van der Waals surface area contributed by atoms with Crippen LogP contribution in [0.3, 0.4) is 0 Å². The van der Waals surface area contributed by atoms with Crippen LogP contribution < -0.4 is 9.47 Å². The molecule has 6 rings (SSSR count). The Hall–Kier alpha value is -4.57. The topological polar surface area (TPSA) is 47.1 Å². The Bertz CT molecular complexity index is 1760. The van der Waals surface area contributed by atoms with Crippen LogP contribution in [-0.4, -0.2) is 24.2 Å². The molecule has 0 amide bonds. The van der Waals surface area contributed by atoms with Gasteiger partial charge in [0, 0.05) is 39.8 Å². The van der Waals surface area contributed by atoms with Crippen molar-refractivity contribution >= 4 is 21.7 Å². The molecule has 4 heteroatoms. The summed E-state index contributed by atoms with van der Waals surface area (Å²) in [6.07, 6.45) is 3.87. The van der Waals surface area contributed by atoms with Crippen LogP contribution in [0.15, 0.2) is 97.3 Å². The van der Waals surface area contributed by atoms with Crippen molar-refractivity contribution in [3.8, 4) is 45.0 Å². The molecule has 0 bridgehead atoms. The third kappa shape index (κ3) is 4.08. The zero-order chi connectivity index (χ0) is 26.2. The summed E-state index contributed by atoms with van der Waals surface area (Å²) >= 11 is 0. The number of nitrogens with one attached hydrogen (secondary N) is 1. The monoisotopic (exact) mass is 498 g/mol. The number of nitrogens with zero attached hydrogens (tertiary/aromatic N) is 1. The van der Waals surface area contributed by atoms with Gasteiger partial charge in [-0.1, -0.05) is 68.4 Å². The first-order valence-corrected chi connectivity index (χ1v) is 12.9. The number of aromatic amines is 1. The van der Waals surface area contributed by atoms with E-state index >= 15 is 0 Å². The molecule has 4 aromatic carbocycles. The van der Waals surface area contributed by atoms with Crippen molar-refractivity contribution in [3.63, 3.8) is 0 Å². The van der Waals surface area contributed by atoms with Crippen molar-refractivity contribution in [2.24, 2.45) is 0 Å². The van der Waals surface area contributed by atoms with Crippen LogP contribution in [-0.2, 0) is 0 Å². The fourth-order valence-corrected chi connectivity index (χ4v) is 5.40. The Morgan fingerprint density at radius 1 is 0.658 bits per heavy atom. The van der Waals surface area contributed by atoms with Crippen molar-refractivity contribution in [1.29, 1.82) is 0 Å². The fraction of sp³-hybridized carbons (Fsp3) is 0.147. The normalized spacial score (nSPS) is 11.4. The summed E-state index contributed by atoms with van der Waals surface area (Å²) in [5.74, 6) is 1.78. The van der Waals surface area contributed by atoms with Crippen molar-refractivity contribution in [2.45, 2.75) is 19.8 Å². The van der Waals surface area contributed by atoms with E-state index in [1.807, 2.05) is 24.5 Å². The zero-order valence-electron chi connectivity index (χ0n) is 22.1. The lowest BCUT2D eigenvalue weighted by Gasteiger charge is -2.12. The van der Waals surface area contributed by atoms with Crippen LogP contribution in [0.2, 0.25) is 0 Å². The van der Waals surface area contributed by atoms with E-state index in [0.29, 0.717) is 5.92 Å². The maximum atomic E-state index is 5.57. The average molecular weight is 499 g/mol. The van der Waals surface area contributed by atoms with E-state index in [1.165, 1.54) is 33.0 Å². The third-order valence-electron chi connectivity index (χ3n) is 7.29. The van der Waals surface area contributed by atoms with Gasteiger partial charge in [0.15, 0.2) is 11.5 Å². The second-order valence-corrected chi connectivity index (χ2v) is 9.88. The second kappa shape index (κ2) is 9.71. The first-order valence-electron chi connectivity index (χ1n) is 12.9. The average Bonchev–Trinajstić information content (AvgIpc) is 3.36. The minimum absolute atomic E-state index is 0.336. The van der Waals surface area contributed by atoms with Crippen molar-refractivity contribution < 1.29 is 9.47 Å². The van der Waals surface area contributed by atoms with E-state index in [4.69, 9.17) is 9.47 Å². The second-order valence-electron chi connectivity index (χ2n) is 9.88. The number of hydrogen-bond acceptors (Lipinski definition) is 3. The predicted molar refractivity (Wildman–Crippen MR) is 157 cm³/mol. The molecule has 2 heterocycles. The largest absolute Gasteiger partial charge is 0.493 e. The molecule has 2 aromatic heterocycles. The number of benzene rings is 4. The lowest BCUT2D eigenvalue weighted by atomic mass is 9.93. The quantitative estimate of drug-likeness (QED) is 0.249. The highest BCUT2D eigenvalue weighted by Crippen LogP contribution is 2.40. The molecule has 1 N–H and O–H groups in total. The Kier molecular flexibility index (Phi) is 6.09. The van der Waals surface area contributed by atoms with Crippen molar-refractivity contribution in [3.05, 3.63) is 103 Å². The van der Waals surface area contributed by atoms with Gasteiger partial charge in [-0.3, -0.25) is 4.98 Å². The number of aromatic nitrogens is 2. The van der Waals surface area contributed by atoms with E-state index in [9.17, 15) is 0 Å². The molecule has 0 fully saturated rings. The van der Waals surface area contributed by atoms with Gasteiger partial charge >= 0.3 is 0 Å². The van der Waals surface area contributed by atoms with Crippen LogP contribution in [0.5, 0.6) is 11.5 Å². The van der Waals surface area contributed by atoms with Gasteiger partial charge in [0.05, 0.1) is 19.9 Å². The Morgan fingerprint density at radius 3 is 2.13 bits per heavy atom. The molecule has 188 valence electrons. The number of H-pyrrole nitrogens is 1. The molecular formula is C34H30N2O2. The molecule has 0 saturated carbocycles. The molecule has 0 saturated heterocycles. The highest BCUT2D eigenvalue weighted by atomic mass is 16.5. The lowest BCUT2D eigenvalue weighted by Crippen LogP contribution is -1.93. The lowest BCUT2D eigenvalue weighted by molar-refractivity contribution is 0.355. The summed E-state index contributed by atoms with van der Waals surface area (Å²) in [6, 6.07) is 29.9. The van der Waals surface area contributed by atoms with Crippen LogP contribution in [0.25, 0.3) is 55.2 Å². The van der Waals surface area contributed by atoms with E-state index in [-0.39, 0.29) is 0 Å². The summed E-state index contributed by atoms with van der Waals surface area (Å²) in [5, 5.41) is 3.61. The number of rotatable bonds is 6. The minimum atomic E-state index is 0.336. The van der Waals surface area contributed by atoms with Gasteiger partial charge in [0.2, 0.25) is 0 Å². The summed E-state index contributed by atoms with van der Waals surface area (Å²) in [7, 11) is 3.33. The number of hydrogen-bond donors (Lipinski definition) is 1. The fourth-order valence-electron chi connectivity index (χ4n) is 5.40. The van der Waals surface area contributed by atoms with Crippen LogP contribution in [0, 0.1) is 0 Å². The van der Waals surface area contributed by atoms with E-state index < -0.39 is 0 Å². The van der Waals surface area contributed by atoms with Gasteiger partial charge in [-0.15, -0.1) is 0 Å². The smallest absolute Gasteiger partial charge is 0.161 e. The number of fused-ring (bicyclic) bond motifs is 2. The SMILES string of the molecule is COc1ccc(-c2[nH]c3ccc(-c4ccc(-c5cncc6ccccc56)cc4)cc3c2C(C)C)cc1OC. The zero-order valence-corrected chi connectivity index (χ0v) is 22.1. The van der Waals surface area contributed by atoms with Gasteiger partial charge in [-0.2, -0.15) is 0 Å². The van der Waals surface area contributed by atoms with Crippen LogP contribution in [0.4, 0.5) is 0 Å². The maximum absolute atomic E-state index is 5.57. The first-order chi connectivity index (χ1) is 18.6. The van der Waals surface area contributed by atoms with Crippen LogP contribution in [0.1, 0.15) is 25.3 Å². The number of methoxy groups -OCH3 is 2. The summed E-state index contributed by atoms with van der Waals surface area (Å²) in [6.45, 7) is 4.49. The molecular weight excluding hydrogens is 468 g/mol. The standard InChI is InChI=1S/C34H30N2O2/c1-21(2)33-28-17-24(13-15-30(28)36-34(33)25-14-16-31(37-3)32(18-25)38-4)22-9-11-23(12-10-22)29-20-35-19-26-7-5-6-8-27(26)29/h5-21,36H,1-4H3. The Morgan fingerprint density at radius 2 is 1.37 bits per heavy atom. The Balaban J connectivity index is 1.41. The van der Waals surface area contributed by atoms with Gasteiger partial charge in [-0.25, -0.2) is 0 Å². The molecule has 0 aliphatic rings. The minimum Gasteiger partial charge on any atom is -0.493 e. The molecule has 0 unspecified atom stereocenters. The molecule has 0 atom stereocenters. The van der Waals surface area contributed by atoms with E-state index in [0.717, 1.165) is 39.2 Å². The van der Waals surface area contributed by atoms with Crippen molar-refractivity contribution in [2.75, 3.05) is 14.2 Å². The summed E-state index contributed by atoms with van der Waals surface area (Å²) < 4.78 is 11.0. The number of ether oxygens (including phenoxy) is 2. The predicted octanol–water partition coefficient (Wildman–Crippen LogP) is 8.86. The first kappa shape index (κ1) is 23.8. The molecule has 4 nitrogen and oxygen atoms in total. The molecule has 38 heavy (non-hydrogen) atoms. The molecule has 0 aliphatic heterocycles. The highest BCUT2D eigenvalue weighted by molar-refractivity contribution is 5.97. The third-order valence-corrected chi connectivity index (χ3v) is 7.29. The van der Waals surface area contributed by atoms with Crippen LogP contribution >= 0.6 is 0 Å². The molecule has 0 spiro atoms. The van der Waals surface area contributed by atoms with Gasteiger partial charge < -0.3 is 14.5 Å². The Labute approximate surface area is 222 Å². The highest BCUT2D eigenvalue weighted by Gasteiger charge is 2.18. The van der Waals surface area contributed by atoms with E-state index in [1.54, 1.807) is 14.2 Å². The molecule has 0 aliphatic carbocycles. The van der Waals surface area contributed by atoms with E-state index in [2.05, 4.69) is 96.6 Å². The van der Waals surface area contributed by atoms with Gasteiger partial charge in [0.1, 0.15) is 0 Å². The molecule has 0 radical (unpaired) electrons. The van der Waals surface area contributed by atoms with Gasteiger partial charge in [0.25, 0.3) is 0 Å². The van der Waals surface area contributed by atoms with Gasteiger partial charge in [-0.05, 0) is 63.9 Å².